The molecular weight excluding hydrogens is 216 g/mol. The van der Waals surface area contributed by atoms with E-state index in [1.54, 1.807) is 0 Å². The molecule has 0 aromatic rings. The highest BCUT2D eigenvalue weighted by molar-refractivity contribution is 5.07. The summed E-state index contributed by atoms with van der Waals surface area (Å²) in [4.78, 5) is 0. The van der Waals surface area contributed by atoms with Crippen LogP contribution in [-0.2, 0) is 0 Å². The van der Waals surface area contributed by atoms with Gasteiger partial charge in [-0.3, -0.25) is 0 Å². The zero-order valence-corrected chi connectivity index (χ0v) is 12.6. The molecule has 108 valence electrons. The first-order valence-electron chi connectivity index (χ1n) is 7.77. The highest BCUT2D eigenvalue weighted by Crippen LogP contribution is 2.42. The Balaban J connectivity index is 0.000000917. The molecule has 0 radical (unpaired) electrons. The first kappa shape index (κ1) is 17.7. The summed E-state index contributed by atoms with van der Waals surface area (Å²) in [5.74, 6) is 2.97. The third-order valence-electron chi connectivity index (χ3n) is 4.95. The number of hydrogen-bond acceptors (Lipinski definition) is 0. The fraction of sp³-hybridized carbons (Fsp3) is 0.889. The van der Waals surface area contributed by atoms with E-state index in [2.05, 4.69) is 32.9 Å². The Morgan fingerprint density at radius 3 is 2.22 bits per heavy atom. The van der Waals surface area contributed by atoms with Crippen molar-refractivity contribution in [2.24, 2.45) is 23.2 Å². The maximum atomic E-state index is 2.45. The molecule has 0 bridgehead atoms. The van der Waals surface area contributed by atoms with E-state index in [-0.39, 0.29) is 7.43 Å². The second-order valence-electron chi connectivity index (χ2n) is 6.40. The van der Waals surface area contributed by atoms with E-state index in [0.29, 0.717) is 5.41 Å². The van der Waals surface area contributed by atoms with E-state index in [0.717, 1.165) is 17.8 Å². The van der Waals surface area contributed by atoms with E-state index in [1.165, 1.54) is 38.5 Å². The van der Waals surface area contributed by atoms with Crippen LogP contribution >= 0.6 is 0 Å². The predicted octanol–water partition coefficient (Wildman–Crippen LogP) is 6.47. The first-order valence-corrected chi connectivity index (χ1v) is 7.77. The summed E-state index contributed by atoms with van der Waals surface area (Å²) in [6, 6.07) is 0. The van der Waals surface area contributed by atoms with Gasteiger partial charge in [0.2, 0.25) is 0 Å². The molecule has 2 aliphatic rings. The molecule has 18 heavy (non-hydrogen) atoms. The molecule has 2 rings (SSSR count). The summed E-state index contributed by atoms with van der Waals surface area (Å²) in [6.07, 6.45) is 13.6. The molecule has 0 aliphatic heterocycles. The second-order valence-corrected chi connectivity index (χ2v) is 6.40. The molecule has 3 atom stereocenters. The van der Waals surface area contributed by atoms with Crippen molar-refractivity contribution in [2.45, 2.75) is 80.6 Å². The zero-order chi connectivity index (χ0) is 12.9. The third-order valence-corrected chi connectivity index (χ3v) is 4.95. The molecule has 0 amide bonds. The summed E-state index contributed by atoms with van der Waals surface area (Å²) >= 11 is 0. The van der Waals surface area contributed by atoms with Gasteiger partial charge in [0.1, 0.15) is 0 Å². The lowest BCUT2D eigenvalue weighted by molar-refractivity contribution is 0.253. The van der Waals surface area contributed by atoms with Gasteiger partial charge in [0, 0.05) is 0 Å². The van der Waals surface area contributed by atoms with Crippen LogP contribution < -0.4 is 0 Å². The van der Waals surface area contributed by atoms with Crippen molar-refractivity contribution in [3.05, 3.63) is 12.2 Å². The van der Waals surface area contributed by atoms with Crippen LogP contribution in [0.25, 0.3) is 0 Å². The number of hydrogen-bond donors (Lipinski definition) is 0. The standard InChI is InChI=1S/C15H26.C2H6.CH4/c1-12-6-4-7-13(12)9-10-14-8-5-11-15(14,2)3;1-2;/h5,11-14H,4,6-10H2,1-3H3;1-2H3;1H4. The van der Waals surface area contributed by atoms with Crippen LogP contribution in [0.4, 0.5) is 0 Å². The lowest BCUT2D eigenvalue weighted by atomic mass is 9.77. The molecule has 0 N–H and O–H groups in total. The Morgan fingerprint density at radius 2 is 1.78 bits per heavy atom. The molecule has 1 saturated carbocycles. The van der Waals surface area contributed by atoms with Gasteiger partial charge in [0.25, 0.3) is 0 Å². The fourth-order valence-corrected chi connectivity index (χ4v) is 3.53. The average molecular weight is 252 g/mol. The number of allylic oxidation sites excluding steroid dienone is 2. The summed E-state index contributed by atoms with van der Waals surface area (Å²) in [5, 5.41) is 0. The van der Waals surface area contributed by atoms with Gasteiger partial charge in [0.15, 0.2) is 0 Å². The zero-order valence-electron chi connectivity index (χ0n) is 12.6. The number of rotatable bonds is 3. The molecule has 0 nitrogen and oxygen atoms in total. The molecule has 0 heterocycles. The minimum absolute atomic E-state index is 0. The van der Waals surface area contributed by atoms with E-state index in [9.17, 15) is 0 Å². The van der Waals surface area contributed by atoms with Crippen molar-refractivity contribution in [1.82, 2.24) is 0 Å². The largest absolute Gasteiger partial charge is 0.0877 e. The first-order chi connectivity index (χ1) is 8.09. The summed E-state index contributed by atoms with van der Waals surface area (Å²) in [6.45, 7) is 11.3. The third kappa shape index (κ3) is 4.44. The molecule has 1 fully saturated rings. The Bertz CT molecular complexity index is 236. The van der Waals surface area contributed by atoms with Crippen LogP contribution in [-0.4, -0.2) is 0 Å². The monoisotopic (exact) mass is 252 g/mol. The second kappa shape index (κ2) is 8.02. The SMILES string of the molecule is C.CC.CC1CCCC1CCC1CC=CC1(C)C. The van der Waals surface area contributed by atoms with Gasteiger partial charge in [0.05, 0.1) is 0 Å². The highest BCUT2D eigenvalue weighted by atomic mass is 14.4. The molecular formula is C18H36. The van der Waals surface area contributed by atoms with Crippen molar-refractivity contribution in [1.29, 1.82) is 0 Å². The van der Waals surface area contributed by atoms with Crippen LogP contribution in [0.15, 0.2) is 12.2 Å². The summed E-state index contributed by atoms with van der Waals surface area (Å²) < 4.78 is 0. The van der Waals surface area contributed by atoms with Crippen molar-refractivity contribution in [3.8, 4) is 0 Å². The van der Waals surface area contributed by atoms with Gasteiger partial charge < -0.3 is 0 Å². The van der Waals surface area contributed by atoms with Gasteiger partial charge in [-0.2, -0.15) is 0 Å². The Kier molecular flexibility index (Phi) is 7.90. The van der Waals surface area contributed by atoms with Gasteiger partial charge in [-0.05, 0) is 42.4 Å². The van der Waals surface area contributed by atoms with Crippen molar-refractivity contribution < 1.29 is 0 Å². The van der Waals surface area contributed by atoms with E-state index in [4.69, 9.17) is 0 Å². The Hall–Kier alpha value is -0.260. The van der Waals surface area contributed by atoms with Crippen molar-refractivity contribution in [3.63, 3.8) is 0 Å². The fourth-order valence-electron chi connectivity index (χ4n) is 3.53. The van der Waals surface area contributed by atoms with E-state index in [1.807, 2.05) is 13.8 Å². The smallest absolute Gasteiger partial charge is 0.0144 e. The summed E-state index contributed by atoms with van der Waals surface area (Å²) in [5.41, 5.74) is 0.474. The van der Waals surface area contributed by atoms with Gasteiger partial charge in [-0.1, -0.05) is 73.5 Å². The molecule has 3 unspecified atom stereocenters. The molecule has 0 spiro atoms. The molecule has 0 aromatic heterocycles. The average Bonchev–Trinajstić information content (AvgIpc) is 2.85. The maximum absolute atomic E-state index is 2.45. The van der Waals surface area contributed by atoms with E-state index < -0.39 is 0 Å². The molecule has 0 saturated heterocycles. The van der Waals surface area contributed by atoms with Crippen molar-refractivity contribution in [2.75, 3.05) is 0 Å². The molecule has 0 heteroatoms. The molecule has 0 aromatic carbocycles. The van der Waals surface area contributed by atoms with Gasteiger partial charge in [-0.25, -0.2) is 0 Å². The summed E-state index contributed by atoms with van der Waals surface area (Å²) in [7, 11) is 0. The molecule has 2 aliphatic carbocycles. The highest BCUT2D eigenvalue weighted by Gasteiger charge is 2.31. The van der Waals surface area contributed by atoms with Gasteiger partial charge >= 0.3 is 0 Å². The maximum Gasteiger partial charge on any atom is -0.0144 e. The lowest BCUT2D eigenvalue weighted by Crippen LogP contribution is -2.18. The quantitative estimate of drug-likeness (QED) is 0.505. The van der Waals surface area contributed by atoms with Crippen LogP contribution in [0.3, 0.4) is 0 Å². The lowest BCUT2D eigenvalue weighted by Gasteiger charge is -2.28. The van der Waals surface area contributed by atoms with Gasteiger partial charge in [-0.15, -0.1) is 0 Å². The normalized spacial score (nSPS) is 32.6. The minimum Gasteiger partial charge on any atom is -0.0877 e. The Morgan fingerprint density at radius 1 is 1.11 bits per heavy atom. The Labute approximate surface area is 116 Å². The minimum atomic E-state index is 0. The topological polar surface area (TPSA) is 0 Å². The predicted molar refractivity (Wildman–Crippen MR) is 84.8 cm³/mol. The van der Waals surface area contributed by atoms with Crippen LogP contribution in [0.5, 0.6) is 0 Å². The van der Waals surface area contributed by atoms with E-state index >= 15 is 0 Å². The van der Waals surface area contributed by atoms with Crippen LogP contribution in [0, 0.1) is 23.2 Å². The van der Waals surface area contributed by atoms with Crippen molar-refractivity contribution >= 4 is 0 Å². The van der Waals surface area contributed by atoms with Crippen LogP contribution in [0.2, 0.25) is 0 Å². The van der Waals surface area contributed by atoms with Crippen LogP contribution in [0.1, 0.15) is 80.6 Å².